The number of hydrogen-bond donors (Lipinski definition) is 1. The van der Waals surface area contributed by atoms with E-state index in [1.54, 1.807) is 0 Å². The maximum atomic E-state index is 4.20. The topological polar surface area (TPSA) is 33.1 Å². The minimum Gasteiger partial charge on any atom is -0.310 e. The maximum Gasteiger partial charge on any atom is 0.0547 e. The number of hydrogen-bond acceptors (Lipinski definition) is 3. The first-order valence-electron chi connectivity index (χ1n) is 4.94. The number of halogens is 2. The molecule has 16 heavy (non-hydrogen) atoms. The van der Waals surface area contributed by atoms with Crippen LogP contribution in [-0.4, -0.2) is 41.9 Å². The number of aryl methyl sites for hydroxylation is 2. The normalized spacial score (nSPS) is 9.81. The van der Waals surface area contributed by atoms with Crippen molar-refractivity contribution in [2.75, 3.05) is 27.2 Å². The molecule has 0 saturated heterocycles. The third kappa shape index (κ3) is 5.70. The van der Waals surface area contributed by atoms with Crippen LogP contribution in [0, 0.1) is 6.92 Å². The van der Waals surface area contributed by atoms with Gasteiger partial charge in [0, 0.05) is 26.7 Å². The minimum atomic E-state index is 0. The summed E-state index contributed by atoms with van der Waals surface area (Å²) >= 11 is 0. The van der Waals surface area contributed by atoms with E-state index in [4.69, 9.17) is 0 Å². The second-order valence-electron chi connectivity index (χ2n) is 3.88. The van der Waals surface area contributed by atoms with Crippen LogP contribution >= 0.6 is 24.8 Å². The van der Waals surface area contributed by atoms with Gasteiger partial charge < -0.3 is 10.2 Å². The summed E-state index contributed by atoms with van der Waals surface area (Å²) in [6.07, 6.45) is 1.91. The smallest absolute Gasteiger partial charge is 0.0547 e. The van der Waals surface area contributed by atoms with Gasteiger partial charge in [0.1, 0.15) is 0 Å². The summed E-state index contributed by atoms with van der Waals surface area (Å²) < 4.78 is 1.93. The lowest BCUT2D eigenvalue weighted by molar-refractivity contribution is 0.398. The fourth-order valence-corrected chi connectivity index (χ4v) is 1.34. The van der Waals surface area contributed by atoms with Crippen molar-refractivity contribution in [1.29, 1.82) is 0 Å². The summed E-state index contributed by atoms with van der Waals surface area (Å²) in [5, 5.41) is 7.59. The van der Waals surface area contributed by atoms with Crippen molar-refractivity contribution in [3.63, 3.8) is 0 Å². The van der Waals surface area contributed by atoms with Gasteiger partial charge in [-0.1, -0.05) is 0 Å². The molecule has 1 N–H and O–H groups in total. The molecule has 0 bridgehead atoms. The number of aromatic nitrogens is 2. The lowest BCUT2D eigenvalue weighted by Gasteiger charge is -2.10. The molecule has 0 radical (unpaired) electrons. The fourth-order valence-electron chi connectivity index (χ4n) is 1.34. The average molecular weight is 269 g/mol. The molecule has 1 aromatic rings. The molecule has 1 aromatic heterocycles. The summed E-state index contributed by atoms with van der Waals surface area (Å²) in [5.41, 5.74) is 2.52. The van der Waals surface area contributed by atoms with Crippen LogP contribution in [0.25, 0.3) is 0 Å². The quantitative estimate of drug-likeness (QED) is 0.816. The first-order chi connectivity index (χ1) is 6.61. The molecule has 96 valence electrons. The monoisotopic (exact) mass is 268 g/mol. The van der Waals surface area contributed by atoms with Gasteiger partial charge in [0.05, 0.1) is 11.9 Å². The van der Waals surface area contributed by atoms with Crippen molar-refractivity contribution >= 4 is 24.8 Å². The molecule has 6 heteroatoms. The van der Waals surface area contributed by atoms with E-state index in [-0.39, 0.29) is 24.8 Å². The largest absolute Gasteiger partial charge is 0.310 e. The first kappa shape index (κ1) is 18.1. The van der Waals surface area contributed by atoms with E-state index in [0.29, 0.717) is 0 Å². The Morgan fingerprint density at radius 1 is 1.38 bits per heavy atom. The Kier molecular flexibility index (Phi) is 9.96. The van der Waals surface area contributed by atoms with E-state index >= 15 is 0 Å². The predicted octanol–water partition coefficient (Wildman–Crippen LogP) is 1.22. The standard InChI is InChI=1S/C10H20N4.2ClH/c1-9-7-12-14(4)10(9)8-11-5-6-13(2)3;;/h7,11H,5-6,8H2,1-4H3;2*1H. The predicted molar refractivity (Wildman–Crippen MR) is 72.7 cm³/mol. The molecular formula is C10H22Cl2N4. The molecule has 0 fully saturated rings. The molecule has 0 atom stereocenters. The molecule has 0 aliphatic rings. The first-order valence-corrected chi connectivity index (χ1v) is 4.94. The van der Waals surface area contributed by atoms with Crippen molar-refractivity contribution in [1.82, 2.24) is 20.0 Å². The van der Waals surface area contributed by atoms with Crippen LogP contribution in [0.5, 0.6) is 0 Å². The van der Waals surface area contributed by atoms with Gasteiger partial charge in [-0.2, -0.15) is 5.10 Å². The minimum absolute atomic E-state index is 0. The van der Waals surface area contributed by atoms with Crippen molar-refractivity contribution in [2.45, 2.75) is 13.5 Å². The van der Waals surface area contributed by atoms with Gasteiger partial charge in [0.15, 0.2) is 0 Å². The third-order valence-corrected chi connectivity index (χ3v) is 2.30. The number of nitrogens with one attached hydrogen (secondary N) is 1. The lowest BCUT2D eigenvalue weighted by atomic mass is 10.3. The summed E-state index contributed by atoms with van der Waals surface area (Å²) in [6.45, 7) is 5.07. The number of nitrogens with zero attached hydrogens (tertiary/aromatic N) is 3. The van der Waals surface area contributed by atoms with Gasteiger partial charge in [-0.05, 0) is 26.6 Å². The van der Waals surface area contributed by atoms with Crippen LogP contribution in [0.4, 0.5) is 0 Å². The van der Waals surface area contributed by atoms with Gasteiger partial charge in [-0.15, -0.1) is 24.8 Å². The molecule has 0 aromatic carbocycles. The van der Waals surface area contributed by atoms with Crippen molar-refractivity contribution in [2.24, 2.45) is 7.05 Å². The Hall–Kier alpha value is -0.290. The van der Waals surface area contributed by atoms with E-state index in [0.717, 1.165) is 19.6 Å². The van der Waals surface area contributed by atoms with Gasteiger partial charge in [0.25, 0.3) is 0 Å². The van der Waals surface area contributed by atoms with E-state index < -0.39 is 0 Å². The lowest BCUT2D eigenvalue weighted by Crippen LogP contribution is -2.27. The molecule has 1 heterocycles. The van der Waals surface area contributed by atoms with E-state index in [9.17, 15) is 0 Å². The molecule has 0 unspecified atom stereocenters. The van der Waals surface area contributed by atoms with Gasteiger partial charge >= 0.3 is 0 Å². The fraction of sp³-hybridized carbons (Fsp3) is 0.700. The molecule has 4 nitrogen and oxygen atoms in total. The maximum absolute atomic E-state index is 4.20. The molecule has 0 aliphatic carbocycles. The van der Waals surface area contributed by atoms with Gasteiger partial charge in [-0.3, -0.25) is 4.68 Å². The van der Waals surface area contributed by atoms with E-state index in [1.165, 1.54) is 11.3 Å². The second-order valence-corrected chi connectivity index (χ2v) is 3.88. The van der Waals surface area contributed by atoms with Crippen molar-refractivity contribution in [3.8, 4) is 0 Å². The molecule has 0 amide bonds. The van der Waals surface area contributed by atoms with Crippen LogP contribution in [0.3, 0.4) is 0 Å². The molecular weight excluding hydrogens is 247 g/mol. The average Bonchev–Trinajstić information content (AvgIpc) is 2.42. The van der Waals surface area contributed by atoms with Crippen molar-refractivity contribution < 1.29 is 0 Å². The SMILES string of the molecule is Cc1cnn(C)c1CNCCN(C)C.Cl.Cl. The Morgan fingerprint density at radius 3 is 2.44 bits per heavy atom. The molecule has 0 spiro atoms. The highest BCUT2D eigenvalue weighted by atomic mass is 35.5. The zero-order valence-electron chi connectivity index (χ0n) is 10.4. The summed E-state index contributed by atoms with van der Waals surface area (Å²) in [4.78, 5) is 2.17. The van der Waals surface area contributed by atoms with Crippen LogP contribution in [0.15, 0.2) is 6.20 Å². The zero-order valence-corrected chi connectivity index (χ0v) is 12.0. The summed E-state index contributed by atoms with van der Waals surface area (Å²) in [7, 11) is 6.14. The Labute approximate surface area is 110 Å². The highest BCUT2D eigenvalue weighted by Gasteiger charge is 2.02. The van der Waals surface area contributed by atoms with Crippen LogP contribution in [-0.2, 0) is 13.6 Å². The molecule has 0 aliphatic heterocycles. The van der Waals surface area contributed by atoms with Crippen LogP contribution < -0.4 is 5.32 Å². The zero-order chi connectivity index (χ0) is 10.6. The van der Waals surface area contributed by atoms with Crippen LogP contribution in [0.1, 0.15) is 11.3 Å². The highest BCUT2D eigenvalue weighted by molar-refractivity contribution is 5.85. The Bertz CT molecular complexity index is 267. The Balaban J connectivity index is 0. The molecule has 1 rings (SSSR count). The highest BCUT2D eigenvalue weighted by Crippen LogP contribution is 2.03. The van der Waals surface area contributed by atoms with E-state index in [1.807, 2.05) is 17.9 Å². The summed E-state index contributed by atoms with van der Waals surface area (Å²) in [5.74, 6) is 0. The van der Waals surface area contributed by atoms with E-state index in [2.05, 4.69) is 36.3 Å². The van der Waals surface area contributed by atoms with Crippen molar-refractivity contribution in [3.05, 3.63) is 17.5 Å². The van der Waals surface area contributed by atoms with Gasteiger partial charge in [-0.25, -0.2) is 0 Å². The number of rotatable bonds is 5. The van der Waals surface area contributed by atoms with Gasteiger partial charge in [0.2, 0.25) is 0 Å². The van der Waals surface area contributed by atoms with Crippen LogP contribution in [0.2, 0.25) is 0 Å². The Morgan fingerprint density at radius 2 is 2.00 bits per heavy atom. The molecule has 0 saturated carbocycles. The number of likely N-dealkylation sites (N-methyl/N-ethyl adjacent to an activating group) is 1. The summed E-state index contributed by atoms with van der Waals surface area (Å²) in [6, 6.07) is 0. The second kappa shape index (κ2) is 8.82. The third-order valence-electron chi connectivity index (χ3n) is 2.30.